The Balaban J connectivity index is 2.51. The van der Waals surface area contributed by atoms with Crippen molar-refractivity contribution >= 4 is 22.0 Å². The predicted molar refractivity (Wildman–Crippen MR) is 63.2 cm³/mol. The van der Waals surface area contributed by atoms with Gasteiger partial charge in [-0.1, -0.05) is 5.10 Å². The van der Waals surface area contributed by atoms with Gasteiger partial charge in [-0.25, -0.2) is 26.7 Å². The van der Waals surface area contributed by atoms with Gasteiger partial charge in [-0.05, 0) is 12.1 Å². The smallest absolute Gasteiger partial charge is 0.335 e. The summed E-state index contributed by atoms with van der Waals surface area (Å²) in [5.74, 6) is -4.90. The molecule has 11 heteroatoms. The summed E-state index contributed by atoms with van der Waals surface area (Å²) < 4.78 is 57.2. The van der Waals surface area contributed by atoms with Crippen LogP contribution in [-0.4, -0.2) is 29.7 Å². The molecule has 2 aromatic rings. The minimum Gasteiger partial charge on any atom is -0.478 e. The minimum atomic E-state index is -4.63. The molecule has 0 fully saturated rings. The van der Waals surface area contributed by atoms with Gasteiger partial charge < -0.3 is 9.52 Å². The SMILES string of the molecule is Cc1nnc(NS(=O)(=O)c2cc(C(=O)O)cc(F)c2F)o1. The molecule has 1 aromatic carbocycles. The first-order chi connectivity index (χ1) is 9.70. The highest BCUT2D eigenvalue weighted by Crippen LogP contribution is 2.22. The quantitative estimate of drug-likeness (QED) is 0.866. The third-order valence-corrected chi connectivity index (χ3v) is 3.60. The standard InChI is InChI=1S/C10H7F2N3O5S/c1-4-13-14-10(20-4)15-21(18,19)7-3-5(9(16)17)2-6(11)8(7)12/h2-3H,1H3,(H,14,15)(H,16,17). The Labute approximate surface area is 116 Å². The van der Waals surface area contributed by atoms with E-state index < -0.39 is 44.1 Å². The normalized spacial score (nSPS) is 11.4. The maximum absolute atomic E-state index is 13.6. The molecule has 0 aliphatic rings. The molecule has 0 unspecified atom stereocenters. The van der Waals surface area contributed by atoms with Crippen molar-refractivity contribution in [2.24, 2.45) is 0 Å². The average molecular weight is 319 g/mol. The number of hydrogen-bond donors (Lipinski definition) is 2. The molecule has 112 valence electrons. The molecule has 0 amide bonds. The van der Waals surface area contributed by atoms with Crippen LogP contribution in [0.15, 0.2) is 21.4 Å². The first-order valence-corrected chi connectivity index (χ1v) is 6.74. The third-order valence-electron chi connectivity index (χ3n) is 2.28. The second-order valence-corrected chi connectivity index (χ2v) is 5.46. The van der Waals surface area contributed by atoms with E-state index in [0.717, 1.165) is 0 Å². The summed E-state index contributed by atoms with van der Waals surface area (Å²) >= 11 is 0. The number of carboxylic acids is 1. The summed E-state index contributed by atoms with van der Waals surface area (Å²) in [4.78, 5) is 9.58. The third kappa shape index (κ3) is 2.97. The van der Waals surface area contributed by atoms with E-state index in [0.29, 0.717) is 12.1 Å². The van der Waals surface area contributed by atoms with Gasteiger partial charge in [0.05, 0.1) is 5.56 Å². The highest BCUT2D eigenvalue weighted by Gasteiger charge is 2.26. The summed E-state index contributed by atoms with van der Waals surface area (Å²) in [6, 6.07) is 0.285. The molecule has 0 saturated heterocycles. The van der Waals surface area contributed by atoms with Crippen molar-refractivity contribution < 1.29 is 31.5 Å². The largest absolute Gasteiger partial charge is 0.478 e. The van der Waals surface area contributed by atoms with Crippen molar-refractivity contribution in [3.05, 3.63) is 35.2 Å². The molecule has 0 radical (unpaired) electrons. The summed E-state index contributed by atoms with van der Waals surface area (Å²) in [5, 5.41) is 15.4. The van der Waals surface area contributed by atoms with Crippen LogP contribution in [0.2, 0.25) is 0 Å². The van der Waals surface area contributed by atoms with E-state index in [2.05, 4.69) is 10.2 Å². The van der Waals surface area contributed by atoms with Gasteiger partial charge in [0.2, 0.25) is 5.89 Å². The fraction of sp³-hybridized carbons (Fsp3) is 0.100. The zero-order chi connectivity index (χ0) is 15.8. The molecule has 8 nitrogen and oxygen atoms in total. The zero-order valence-electron chi connectivity index (χ0n) is 10.3. The molecule has 0 bridgehead atoms. The predicted octanol–water partition coefficient (Wildman–Crippen LogP) is 1.16. The van der Waals surface area contributed by atoms with Gasteiger partial charge >= 0.3 is 12.0 Å². The molecule has 21 heavy (non-hydrogen) atoms. The number of nitrogens with one attached hydrogen (secondary N) is 1. The number of halogens is 2. The van der Waals surface area contributed by atoms with Crippen LogP contribution in [0.1, 0.15) is 16.2 Å². The number of carboxylic acid groups (broad SMARTS) is 1. The van der Waals surface area contributed by atoms with Crippen molar-refractivity contribution in [2.45, 2.75) is 11.8 Å². The zero-order valence-corrected chi connectivity index (χ0v) is 11.1. The number of benzene rings is 1. The van der Waals surface area contributed by atoms with Crippen molar-refractivity contribution in [1.29, 1.82) is 0 Å². The molecule has 2 rings (SSSR count). The summed E-state index contributed by atoms with van der Waals surface area (Å²) in [6.45, 7) is 1.39. The van der Waals surface area contributed by atoms with Gasteiger partial charge in [0.25, 0.3) is 10.0 Å². The highest BCUT2D eigenvalue weighted by atomic mass is 32.2. The number of hydrogen-bond acceptors (Lipinski definition) is 6. The van der Waals surface area contributed by atoms with Crippen LogP contribution in [0.25, 0.3) is 0 Å². The molecular formula is C10H7F2N3O5S. The lowest BCUT2D eigenvalue weighted by Gasteiger charge is -2.07. The number of rotatable bonds is 4. The molecule has 0 aliphatic heterocycles. The van der Waals surface area contributed by atoms with E-state index in [1.54, 1.807) is 4.72 Å². The molecule has 0 spiro atoms. The number of aromatic nitrogens is 2. The number of anilines is 1. The monoisotopic (exact) mass is 319 g/mol. The first kappa shape index (κ1) is 14.8. The van der Waals surface area contributed by atoms with Gasteiger partial charge in [-0.15, -0.1) is 5.10 Å². The van der Waals surface area contributed by atoms with Crippen LogP contribution in [0.5, 0.6) is 0 Å². The van der Waals surface area contributed by atoms with E-state index >= 15 is 0 Å². The topological polar surface area (TPSA) is 122 Å². The number of nitrogens with zero attached hydrogens (tertiary/aromatic N) is 2. The lowest BCUT2D eigenvalue weighted by molar-refractivity contribution is 0.0696. The van der Waals surface area contributed by atoms with E-state index in [1.807, 2.05) is 0 Å². The molecular weight excluding hydrogens is 312 g/mol. The lowest BCUT2D eigenvalue weighted by Crippen LogP contribution is -2.17. The van der Waals surface area contributed by atoms with Gasteiger partial charge in [0.1, 0.15) is 4.90 Å². The van der Waals surface area contributed by atoms with Gasteiger partial charge in [0, 0.05) is 6.92 Å². The molecule has 1 heterocycles. The first-order valence-electron chi connectivity index (χ1n) is 5.26. The Bertz CT molecular complexity index is 818. The Hall–Kier alpha value is -2.56. The van der Waals surface area contributed by atoms with Crippen molar-refractivity contribution in [2.75, 3.05) is 4.72 Å². The Morgan fingerprint density at radius 2 is 2.00 bits per heavy atom. The molecule has 1 aromatic heterocycles. The maximum Gasteiger partial charge on any atom is 0.335 e. The molecule has 0 aliphatic carbocycles. The fourth-order valence-corrected chi connectivity index (χ4v) is 2.43. The maximum atomic E-state index is 13.6. The van der Waals surface area contributed by atoms with Crippen LogP contribution in [0.4, 0.5) is 14.8 Å². The Morgan fingerprint density at radius 1 is 1.33 bits per heavy atom. The Kier molecular flexibility index (Phi) is 3.60. The number of carbonyl (C=O) groups is 1. The van der Waals surface area contributed by atoms with E-state index in [1.165, 1.54) is 6.92 Å². The lowest BCUT2D eigenvalue weighted by atomic mass is 10.2. The summed E-state index contributed by atoms with van der Waals surface area (Å²) in [5.41, 5.74) is -0.726. The van der Waals surface area contributed by atoms with Crippen molar-refractivity contribution in [1.82, 2.24) is 10.2 Å². The van der Waals surface area contributed by atoms with Gasteiger partial charge in [0.15, 0.2) is 11.6 Å². The molecule has 0 atom stereocenters. The Morgan fingerprint density at radius 3 is 2.52 bits per heavy atom. The average Bonchev–Trinajstić information content (AvgIpc) is 2.76. The second-order valence-electron chi connectivity index (χ2n) is 3.81. The fourth-order valence-electron chi connectivity index (χ4n) is 1.39. The van der Waals surface area contributed by atoms with Crippen LogP contribution >= 0.6 is 0 Å². The number of sulfonamides is 1. The van der Waals surface area contributed by atoms with Crippen LogP contribution in [0.3, 0.4) is 0 Å². The van der Waals surface area contributed by atoms with Crippen LogP contribution < -0.4 is 4.72 Å². The van der Waals surface area contributed by atoms with Crippen LogP contribution in [-0.2, 0) is 10.0 Å². The molecule has 0 saturated carbocycles. The van der Waals surface area contributed by atoms with Crippen molar-refractivity contribution in [3.8, 4) is 0 Å². The molecule has 2 N–H and O–H groups in total. The van der Waals surface area contributed by atoms with Crippen molar-refractivity contribution in [3.63, 3.8) is 0 Å². The second kappa shape index (κ2) is 5.09. The number of aromatic carboxylic acids is 1. The van der Waals surface area contributed by atoms with Crippen LogP contribution in [0, 0.1) is 18.6 Å². The van der Waals surface area contributed by atoms with Gasteiger partial charge in [-0.3, -0.25) is 0 Å². The highest BCUT2D eigenvalue weighted by molar-refractivity contribution is 7.92. The summed E-state index contributed by atoms with van der Waals surface area (Å²) in [7, 11) is -4.63. The van der Waals surface area contributed by atoms with E-state index in [-0.39, 0.29) is 5.89 Å². The van der Waals surface area contributed by atoms with E-state index in [9.17, 15) is 22.0 Å². The number of aryl methyl sites for hydroxylation is 1. The minimum absolute atomic E-state index is 0.0404. The van der Waals surface area contributed by atoms with Gasteiger partial charge in [-0.2, -0.15) is 0 Å². The van der Waals surface area contributed by atoms with E-state index in [4.69, 9.17) is 9.52 Å². The summed E-state index contributed by atoms with van der Waals surface area (Å²) in [6.07, 6.45) is 0.